The molecule has 0 aliphatic heterocycles. The Labute approximate surface area is 104 Å². The van der Waals surface area contributed by atoms with E-state index in [4.69, 9.17) is 0 Å². The Morgan fingerprint density at radius 2 is 2.19 bits per heavy atom. The molecule has 0 saturated heterocycles. The van der Waals surface area contributed by atoms with Gasteiger partial charge in [0.15, 0.2) is 0 Å². The standard InChI is InChI=1S/C13H24N2S/c1-3-15-9-7-13(12-15)11-14-8-5-4-6-10-16-2/h7,9,12,14H,3-6,8,10-11H2,1-2H3. The first-order chi connectivity index (χ1) is 7.86. The number of aryl methyl sites for hydroxylation is 1. The smallest absolute Gasteiger partial charge is 0.0220 e. The summed E-state index contributed by atoms with van der Waals surface area (Å²) in [6.45, 7) is 5.39. The molecule has 2 nitrogen and oxygen atoms in total. The lowest BCUT2D eigenvalue weighted by atomic mass is 10.2. The summed E-state index contributed by atoms with van der Waals surface area (Å²) in [6.07, 6.45) is 10.6. The third kappa shape index (κ3) is 5.61. The number of unbranched alkanes of at least 4 members (excludes halogenated alkanes) is 2. The van der Waals surface area contributed by atoms with E-state index in [1.54, 1.807) is 0 Å². The van der Waals surface area contributed by atoms with E-state index < -0.39 is 0 Å². The predicted molar refractivity (Wildman–Crippen MR) is 74.0 cm³/mol. The first-order valence-electron chi connectivity index (χ1n) is 6.21. The maximum Gasteiger partial charge on any atom is 0.0220 e. The molecule has 0 aromatic carbocycles. The summed E-state index contributed by atoms with van der Waals surface area (Å²) >= 11 is 1.94. The minimum atomic E-state index is 1.01. The van der Waals surface area contributed by atoms with Gasteiger partial charge in [-0.05, 0) is 49.9 Å². The fourth-order valence-electron chi connectivity index (χ4n) is 1.70. The zero-order valence-electron chi connectivity index (χ0n) is 10.5. The van der Waals surface area contributed by atoms with Crippen molar-refractivity contribution in [3.8, 4) is 0 Å². The summed E-state index contributed by atoms with van der Waals surface area (Å²) in [6, 6.07) is 2.20. The second kappa shape index (κ2) is 8.71. The zero-order chi connectivity index (χ0) is 11.6. The van der Waals surface area contributed by atoms with E-state index >= 15 is 0 Å². The molecule has 0 bridgehead atoms. The normalized spacial score (nSPS) is 10.9. The lowest BCUT2D eigenvalue weighted by Crippen LogP contribution is -2.14. The van der Waals surface area contributed by atoms with Crippen molar-refractivity contribution in [2.45, 2.75) is 39.3 Å². The van der Waals surface area contributed by atoms with Gasteiger partial charge in [-0.25, -0.2) is 0 Å². The van der Waals surface area contributed by atoms with Crippen LogP contribution in [-0.4, -0.2) is 23.1 Å². The third-order valence-electron chi connectivity index (χ3n) is 2.71. The van der Waals surface area contributed by atoms with Gasteiger partial charge in [0.2, 0.25) is 0 Å². The summed E-state index contributed by atoms with van der Waals surface area (Å²) in [7, 11) is 0. The van der Waals surface area contributed by atoms with Crippen molar-refractivity contribution in [1.82, 2.24) is 9.88 Å². The second-order valence-electron chi connectivity index (χ2n) is 4.08. The van der Waals surface area contributed by atoms with Crippen LogP contribution in [0.15, 0.2) is 18.5 Å². The highest BCUT2D eigenvalue weighted by Crippen LogP contribution is 2.03. The van der Waals surface area contributed by atoms with E-state index in [9.17, 15) is 0 Å². The molecule has 1 aromatic heterocycles. The Hall–Kier alpha value is -0.410. The molecule has 0 aliphatic rings. The molecule has 16 heavy (non-hydrogen) atoms. The molecular formula is C13H24N2S. The van der Waals surface area contributed by atoms with Crippen LogP contribution in [0.1, 0.15) is 31.7 Å². The predicted octanol–water partition coefficient (Wildman–Crippen LogP) is 3.13. The molecule has 3 heteroatoms. The van der Waals surface area contributed by atoms with Crippen molar-refractivity contribution < 1.29 is 0 Å². The maximum atomic E-state index is 3.50. The monoisotopic (exact) mass is 240 g/mol. The number of thioether (sulfide) groups is 1. The molecule has 1 heterocycles. The molecule has 0 fully saturated rings. The summed E-state index contributed by atoms with van der Waals surface area (Å²) in [5, 5.41) is 3.50. The van der Waals surface area contributed by atoms with Gasteiger partial charge in [-0.1, -0.05) is 6.42 Å². The number of rotatable bonds is 9. The first-order valence-corrected chi connectivity index (χ1v) is 7.60. The molecule has 0 aliphatic carbocycles. The Balaban J connectivity index is 1.98. The van der Waals surface area contributed by atoms with E-state index in [0.717, 1.165) is 19.6 Å². The summed E-state index contributed by atoms with van der Waals surface area (Å²) in [5.41, 5.74) is 1.39. The minimum absolute atomic E-state index is 1.01. The highest BCUT2D eigenvalue weighted by Gasteiger charge is 1.95. The fraction of sp³-hybridized carbons (Fsp3) is 0.692. The molecule has 1 aromatic rings. The van der Waals surface area contributed by atoms with Crippen molar-refractivity contribution in [1.29, 1.82) is 0 Å². The molecule has 0 amide bonds. The van der Waals surface area contributed by atoms with Crippen LogP contribution in [0.3, 0.4) is 0 Å². The van der Waals surface area contributed by atoms with Crippen LogP contribution >= 0.6 is 11.8 Å². The number of hydrogen-bond acceptors (Lipinski definition) is 2. The van der Waals surface area contributed by atoms with Gasteiger partial charge in [0.05, 0.1) is 0 Å². The number of hydrogen-bond donors (Lipinski definition) is 1. The average Bonchev–Trinajstić information content (AvgIpc) is 2.76. The van der Waals surface area contributed by atoms with Crippen molar-refractivity contribution in [3.05, 3.63) is 24.0 Å². The second-order valence-corrected chi connectivity index (χ2v) is 5.07. The van der Waals surface area contributed by atoms with Gasteiger partial charge in [-0.3, -0.25) is 0 Å². The Morgan fingerprint density at radius 1 is 1.31 bits per heavy atom. The molecule has 1 N–H and O–H groups in total. The topological polar surface area (TPSA) is 17.0 Å². The molecule has 0 unspecified atom stereocenters. The molecule has 92 valence electrons. The van der Waals surface area contributed by atoms with Gasteiger partial charge < -0.3 is 9.88 Å². The molecule has 0 spiro atoms. The Morgan fingerprint density at radius 3 is 2.88 bits per heavy atom. The van der Waals surface area contributed by atoms with Gasteiger partial charge in [0.1, 0.15) is 0 Å². The summed E-state index contributed by atoms with van der Waals surface area (Å²) < 4.78 is 2.22. The fourth-order valence-corrected chi connectivity index (χ4v) is 2.19. The van der Waals surface area contributed by atoms with Crippen molar-refractivity contribution in [2.75, 3.05) is 18.6 Å². The molecule has 0 saturated carbocycles. The van der Waals surface area contributed by atoms with Crippen molar-refractivity contribution in [2.24, 2.45) is 0 Å². The van der Waals surface area contributed by atoms with Gasteiger partial charge in [-0.2, -0.15) is 11.8 Å². The molecular weight excluding hydrogens is 216 g/mol. The van der Waals surface area contributed by atoms with Crippen molar-refractivity contribution >= 4 is 11.8 Å². The van der Waals surface area contributed by atoms with Gasteiger partial charge in [0, 0.05) is 25.5 Å². The van der Waals surface area contributed by atoms with Crippen LogP contribution in [0.25, 0.3) is 0 Å². The first kappa shape index (κ1) is 13.7. The highest BCUT2D eigenvalue weighted by molar-refractivity contribution is 7.98. The van der Waals surface area contributed by atoms with Crippen molar-refractivity contribution in [3.63, 3.8) is 0 Å². The average molecular weight is 240 g/mol. The zero-order valence-corrected chi connectivity index (χ0v) is 11.4. The summed E-state index contributed by atoms with van der Waals surface area (Å²) in [5.74, 6) is 1.30. The van der Waals surface area contributed by atoms with E-state index in [1.807, 2.05) is 11.8 Å². The number of aromatic nitrogens is 1. The maximum absolute atomic E-state index is 3.50. The van der Waals surface area contributed by atoms with Crippen LogP contribution in [-0.2, 0) is 13.1 Å². The summed E-state index contributed by atoms with van der Waals surface area (Å²) in [4.78, 5) is 0. The molecule has 1 rings (SSSR count). The third-order valence-corrected chi connectivity index (χ3v) is 3.40. The van der Waals surface area contributed by atoms with Gasteiger partial charge in [0.25, 0.3) is 0 Å². The van der Waals surface area contributed by atoms with Crippen LogP contribution in [0.2, 0.25) is 0 Å². The Bertz CT molecular complexity index is 271. The molecule has 0 radical (unpaired) electrons. The van der Waals surface area contributed by atoms with Crippen LogP contribution in [0.5, 0.6) is 0 Å². The molecule has 0 atom stereocenters. The lowest BCUT2D eigenvalue weighted by molar-refractivity contribution is 0.617. The van der Waals surface area contributed by atoms with E-state index in [2.05, 4.69) is 41.5 Å². The number of nitrogens with one attached hydrogen (secondary N) is 1. The highest BCUT2D eigenvalue weighted by atomic mass is 32.2. The largest absolute Gasteiger partial charge is 0.354 e. The van der Waals surface area contributed by atoms with Crippen LogP contribution in [0, 0.1) is 0 Å². The van der Waals surface area contributed by atoms with Gasteiger partial charge in [-0.15, -0.1) is 0 Å². The van der Waals surface area contributed by atoms with E-state index in [1.165, 1.54) is 30.6 Å². The van der Waals surface area contributed by atoms with E-state index in [-0.39, 0.29) is 0 Å². The SMILES string of the molecule is CCn1ccc(CNCCCCCSC)c1. The van der Waals surface area contributed by atoms with Crippen LogP contribution < -0.4 is 5.32 Å². The Kier molecular flexibility index (Phi) is 7.43. The lowest BCUT2D eigenvalue weighted by Gasteiger charge is -2.03. The van der Waals surface area contributed by atoms with E-state index in [0.29, 0.717) is 0 Å². The van der Waals surface area contributed by atoms with Crippen LogP contribution in [0.4, 0.5) is 0 Å². The number of nitrogens with zero attached hydrogens (tertiary/aromatic N) is 1. The van der Waals surface area contributed by atoms with Gasteiger partial charge >= 0.3 is 0 Å². The minimum Gasteiger partial charge on any atom is -0.354 e. The quantitative estimate of drug-likeness (QED) is 0.668.